The van der Waals surface area contributed by atoms with Crippen molar-refractivity contribution in [3.63, 3.8) is 0 Å². The summed E-state index contributed by atoms with van der Waals surface area (Å²) in [5, 5.41) is 0. The first-order chi connectivity index (χ1) is 23.3. The van der Waals surface area contributed by atoms with Crippen molar-refractivity contribution in [1.82, 2.24) is 28.8 Å². The van der Waals surface area contributed by atoms with Crippen LogP contribution in [0.3, 0.4) is 0 Å². The van der Waals surface area contributed by atoms with Crippen molar-refractivity contribution in [2.45, 2.75) is 90.4 Å². The Morgan fingerprint density at radius 3 is 2.51 bits per heavy atom. The van der Waals surface area contributed by atoms with Crippen LogP contribution in [0.25, 0.3) is 0 Å². The number of likely N-dealkylation sites (tertiary alicyclic amines) is 1. The van der Waals surface area contributed by atoms with Crippen LogP contribution >= 0.6 is 0 Å². The monoisotopic (exact) mass is 699 g/mol. The van der Waals surface area contributed by atoms with Crippen LogP contribution in [0.1, 0.15) is 76.6 Å². The van der Waals surface area contributed by atoms with E-state index in [1.165, 1.54) is 28.8 Å². The topological polar surface area (TPSA) is 120 Å². The second-order valence-electron chi connectivity index (χ2n) is 14.6. The Balaban J connectivity index is 1.01. The molecule has 4 saturated heterocycles. The number of hydrogen-bond acceptors (Lipinski definition) is 9. The summed E-state index contributed by atoms with van der Waals surface area (Å²) in [6, 6.07) is 3.66. The Bertz CT molecular complexity index is 1610. The van der Waals surface area contributed by atoms with Crippen LogP contribution in [0.15, 0.2) is 43.0 Å². The number of rotatable bonds is 11. The van der Waals surface area contributed by atoms with E-state index in [2.05, 4.69) is 31.1 Å². The van der Waals surface area contributed by atoms with Crippen LogP contribution in [-0.4, -0.2) is 109 Å². The maximum absolute atomic E-state index is 14.4. The molecule has 1 N–H and O–H groups in total. The molecule has 4 fully saturated rings. The highest BCUT2D eigenvalue weighted by atomic mass is 32.2. The first-order valence-corrected chi connectivity index (χ1v) is 18.9. The molecule has 4 aliphatic rings. The first kappa shape index (κ1) is 35.5. The Kier molecular flexibility index (Phi) is 10.5. The zero-order valence-corrected chi connectivity index (χ0v) is 29.9. The lowest BCUT2D eigenvalue weighted by Crippen LogP contribution is -2.61. The van der Waals surface area contributed by atoms with Gasteiger partial charge in [-0.1, -0.05) is 6.58 Å². The third kappa shape index (κ3) is 7.87. The number of ether oxygens (including phenoxy) is 2. The minimum Gasteiger partial charge on any atom is -0.451 e. The van der Waals surface area contributed by atoms with E-state index in [-0.39, 0.29) is 46.9 Å². The Hall–Kier alpha value is -3.33. The molecule has 12 nitrogen and oxygen atoms in total. The summed E-state index contributed by atoms with van der Waals surface area (Å²) >= 11 is 0. The van der Waals surface area contributed by atoms with Gasteiger partial charge in [0, 0.05) is 55.4 Å². The van der Waals surface area contributed by atoms with E-state index in [0.717, 1.165) is 64.8 Å². The predicted octanol–water partition coefficient (Wildman–Crippen LogP) is 4.56. The molecule has 2 aromatic rings. The highest BCUT2D eigenvalue weighted by Gasteiger charge is 2.46. The summed E-state index contributed by atoms with van der Waals surface area (Å²) in [7, 11) is -3.58. The number of aromatic nitrogens is 2. The van der Waals surface area contributed by atoms with Crippen LogP contribution in [0.2, 0.25) is 0 Å². The zero-order valence-electron chi connectivity index (χ0n) is 29.1. The molecule has 0 saturated carbocycles. The molecule has 0 radical (unpaired) electrons. The van der Waals surface area contributed by atoms with Gasteiger partial charge < -0.3 is 24.2 Å². The smallest absolute Gasteiger partial charge is 0.301 e. The van der Waals surface area contributed by atoms with E-state index < -0.39 is 16.0 Å². The maximum Gasteiger partial charge on any atom is 0.301 e. The number of anilines is 1. The lowest BCUT2D eigenvalue weighted by molar-refractivity contribution is -0.0300. The average molecular weight is 700 g/mol. The van der Waals surface area contributed by atoms with Crippen molar-refractivity contribution < 1.29 is 27.1 Å². The minimum absolute atomic E-state index is 0.0695. The third-order valence-corrected chi connectivity index (χ3v) is 11.9. The number of nitrogens with zero attached hydrogens (tertiary/aromatic N) is 6. The zero-order chi connectivity index (χ0) is 34.9. The standard InChI is InChI=1S/C35H50FN7O5S/c1-24(2)43(25(3)4)34(44)30-17-27(36)8-11-31(30)48-32-18-37-23-38-33(32)41-21-35(22-41)12-15-40(16-13-35)19-29-10-9-28(20-47-29)39-49(45,46)42-14-6-7-26(42)5/h8,11,17-18,23-25,28-29,39H,5-7,9-10,12-16,19-22H2,1-4H3/t28-,29+/m1/s1. The molecule has 1 amide bonds. The third-order valence-electron chi connectivity index (χ3n) is 10.3. The largest absolute Gasteiger partial charge is 0.451 e. The van der Waals surface area contributed by atoms with Gasteiger partial charge in [-0.2, -0.15) is 13.1 Å². The number of hydrogen-bond donors (Lipinski definition) is 1. The summed E-state index contributed by atoms with van der Waals surface area (Å²) in [5.74, 6) is 0.556. The SMILES string of the molecule is C=C1CCCN1S(=O)(=O)N[C@@H]1CC[C@@H](CN2CCC3(CC2)CN(c2ncncc2Oc2ccc(F)cc2C(=O)N(C(C)C)C(C)C)C3)OC1. The van der Waals surface area contributed by atoms with E-state index in [1.807, 2.05) is 27.7 Å². The van der Waals surface area contributed by atoms with Crippen molar-refractivity contribution in [2.24, 2.45) is 5.41 Å². The number of piperidine rings is 1. The van der Waals surface area contributed by atoms with E-state index in [1.54, 1.807) is 11.1 Å². The summed E-state index contributed by atoms with van der Waals surface area (Å²) < 4.78 is 56.6. The molecule has 0 aliphatic carbocycles. The molecule has 1 aromatic carbocycles. The van der Waals surface area contributed by atoms with Crippen molar-refractivity contribution in [3.05, 3.63) is 54.4 Å². The van der Waals surface area contributed by atoms with Crippen LogP contribution in [0.5, 0.6) is 11.5 Å². The average Bonchev–Trinajstić information content (AvgIpc) is 3.49. The number of amides is 1. The molecule has 49 heavy (non-hydrogen) atoms. The van der Waals surface area contributed by atoms with Crippen molar-refractivity contribution >= 4 is 21.9 Å². The number of halogens is 1. The van der Waals surface area contributed by atoms with Crippen molar-refractivity contribution in [1.29, 1.82) is 0 Å². The van der Waals surface area contributed by atoms with Gasteiger partial charge >= 0.3 is 10.2 Å². The Morgan fingerprint density at radius 1 is 1.14 bits per heavy atom. The van der Waals surface area contributed by atoms with Gasteiger partial charge in [0.1, 0.15) is 17.9 Å². The summed E-state index contributed by atoms with van der Waals surface area (Å²) in [4.78, 5) is 28.6. The van der Waals surface area contributed by atoms with Crippen LogP contribution < -0.4 is 14.4 Å². The number of carbonyl (C=O) groups is 1. The lowest BCUT2D eigenvalue weighted by Gasteiger charge is -2.54. The number of nitrogens with one attached hydrogen (secondary N) is 1. The highest BCUT2D eigenvalue weighted by Crippen LogP contribution is 2.45. The van der Waals surface area contributed by atoms with E-state index in [0.29, 0.717) is 36.8 Å². The minimum atomic E-state index is -3.58. The Morgan fingerprint density at radius 2 is 1.88 bits per heavy atom. The molecule has 0 bridgehead atoms. The fraction of sp³-hybridized carbons (Fsp3) is 0.629. The second kappa shape index (κ2) is 14.5. The van der Waals surface area contributed by atoms with Gasteiger partial charge in [-0.05, 0) is 97.5 Å². The summed E-state index contributed by atoms with van der Waals surface area (Å²) in [6.07, 6.45) is 8.38. The fourth-order valence-corrected chi connectivity index (χ4v) is 9.28. The molecule has 1 spiro atoms. The normalized spacial score (nSPS) is 23.0. The molecular weight excluding hydrogens is 649 g/mol. The van der Waals surface area contributed by atoms with Crippen LogP contribution in [0, 0.1) is 11.2 Å². The molecule has 5 heterocycles. The van der Waals surface area contributed by atoms with Gasteiger partial charge in [0.2, 0.25) is 0 Å². The van der Waals surface area contributed by atoms with Gasteiger partial charge in [0.15, 0.2) is 11.6 Å². The molecule has 4 aliphatic heterocycles. The molecular formula is C35H50FN7O5S. The number of allylic oxidation sites excluding steroid dienone is 1. The first-order valence-electron chi connectivity index (χ1n) is 17.5. The van der Waals surface area contributed by atoms with Gasteiger partial charge in [0.25, 0.3) is 5.91 Å². The van der Waals surface area contributed by atoms with Gasteiger partial charge in [-0.3, -0.25) is 9.10 Å². The van der Waals surface area contributed by atoms with Crippen LogP contribution in [0.4, 0.5) is 10.2 Å². The highest BCUT2D eigenvalue weighted by molar-refractivity contribution is 7.87. The molecule has 2 atom stereocenters. The van der Waals surface area contributed by atoms with Crippen molar-refractivity contribution in [2.75, 3.05) is 50.8 Å². The molecule has 1 aromatic heterocycles. The molecule has 14 heteroatoms. The molecule has 268 valence electrons. The van der Waals surface area contributed by atoms with Crippen molar-refractivity contribution in [3.8, 4) is 11.5 Å². The second-order valence-corrected chi connectivity index (χ2v) is 16.2. The summed E-state index contributed by atoms with van der Waals surface area (Å²) in [6.45, 7) is 17.0. The molecule has 0 unspecified atom stereocenters. The van der Waals surface area contributed by atoms with Gasteiger partial charge in [0.05, 0.1) is 24.5 Å². The predicted molar refractivity (Wildman–Crippen MR) is 185 cm³/mol. The van der Waals surface area contributed by atoms with E-state index >= 15 is 0 Å². The molecule has 6 rings (SSSR count). The van der Waals surface area contributed by atoms with E-state index in [4.69, 9.17) is 9.47 Å². The lowest BCUT2D eigenvalue weighted by atomic mass is 9.72. The fourth-order valence-electron chi connectivity index (χ4n) is 7.75. The Labute approximate surface area is 289 Å². The van der Waals surface area contributed by atoms with Crippen LogP contribution in [-0.2, 0) is 14.9 Å². The quantitative estimate of drug-likeness (QED) is 0.360. The van der Waals surface area contributed by atoms with Gasteiger partial charge in [-0.15, -0.1) is 0 Å². The number of benzene rings is 1. The number of carbonyl (C=O) groups excluding carboxylic acids is 1. The van der Waals surface area contributed by atoms with Gasteiger partial charge in [-0.25, -0.2) is 14.4 Å². The van der Waals surface area contributed by atoms with E-state index in [9.17, 15) is 17.6 Å². The summed E-state index contributed by atoms with van der Waals surface area (Å²) in [5.41, 5.74) is 0.996. The maximum atomic E-state index is 14.4.